The highest BCUT2D eigenvalue weighted by molar-refractivity contribution is 4.56. The molecule has 0 bridgehead atoms. The molecular formula is C12H22O4. The highest BCUT2D eigenvalue weighted by atomic mass is 16.7. The molecule has 4 heteroatoms. The van der Waals surface area contributed by atoms with E-state index >= 15 is 0 Å². The maximum Gasteiger partial charge on any atom is 0.157 e. The molecule has 0 saturated carbocycles. The number of hydrogen-bond acceptors (Lipinski definition) is 4. The molecule has 0 atom stereocenters. The van der Waals surface area contributed by atoms with Crippen LogP contribution in [0.15, 0.2) is 0 Å². The maximum absolute atomic E-state index is 5.49. The topological polar surface area (TPSA) is 36.9 Å². The van der Waals surface area contributed by atoms with Crippen molar-refractivity contribution in [2.24, 2.45) is 0 Å². The van der Waals surface area contributed by atoms with Crippen molar-refractivity contribution in [3.63, 3.8) is 0 Å². The lowest BCUT2D eigenvalue weighted by molar-refractivity contribution is -0.188. The van der Waals surface area contributed by atoms with Crippen LogP contribution in [-0.2, 0) is 18.9 Å². The molecular weight excluding hydrogens is 208 g/mol. The molecule has 2 aliphatic rings. The molecule has 0 N–H and O–H groups in total. The van der Waals surface area contributed by atoms with Crippen molar-refractivity contribution in [2.45, 2.75) is 51.1 Å². The lowest BCUT2D eigenvalue weighted by Crippen LogP contribution is -2.26. The van der Waals surface area contributed by atoms with Crippen molar-refractivity contribution in [1.82, 2.24) is 0 Å². The van der Waals surface area contributed by atoms with Gasteiger partial charge in [-0.1, -0.05) is 0 Å². The summed E-state index contributed by atoms with van der Waals surface area (Å²) < 4.78 is 21.9. The minimum atomic E-state index is 0.0296. The summed E-state index contributed by atoms with van der Waals surface area (Å²) in [6.45, 7) is 3.39. The van der Waals surface area contributed by atoms with Crippen molar-refractivity contribution in [3.05, 3.63) is 0 Å². The lowest BCUT2D eigenvalue weighted by Gasteiger charge is -2.24. The first kappa shape index (κ1) is 12.3. The number of ether oxygens (including phenoxy) is 4. The summed E-state index contributed by atoms with van der Waals surface area (Å²) in [5.41, 5.74) is 0. The predicted octanol–water partition coefficient (Wildman–Crippen LogP) is 2.07. The van der Waals surface area contributed by atoms with Crippen LogP contribution in [0.2, 0.25) is 0 Å². The van der Waals surface area contributed by atoms with E-state index in [2.05, 4.69) is 0 Å². The van der Waals surface area contributed by atoms with E-state index < -0.39 is 0 Å². The van der Waals surface area contributed by atoms with E-state index in [1.807, 2.05) is 0 Å². The largest absolute Gasteiger partial charge is 0.353 e. The van der Waals surface area contributed by atoms with Crippen molar-refractivity contribution in [2.75, 3.05) is 26.4 Å². The maximum atomic E-state index is 5.49. The molecule has 16 heavy (non-hydrogen) atoms. The molecule has 0 aromatic rings. The third-order valence-electron chi connectivity index (χ3n) is 2.92. The summed E-state index contributed by atoms with van der Waals surface area (Å²) in [6, 6.07) is 0. The Labute approximate surface area is 97.2 Å². The highest BCUT2D eigenvalue weighted by Crippen LogP contribution is 2.16. The normalized spacial score (nSPS) is 24.8. The first-order chi connectivity index (χ1) is 7.95. The molecule has 94 valence electrons. The molecule has 0 aromatic heterocycles. The van der Waals surface area contributed by atoms with Gasteiger partial charge in [0.25, 0.3) is 0 Å². The van der Waals surface area contributed by atoms with Gasteiger partial charge in [0.2, 0.25) is 0 Å². The van der Waals surface area contributed by atoms with Crippen molar-refractivity contribution < 1.29 is 18.9 Å². The second-order valence-corrected chi connectivity index (χ2v) is 4.33. The third kappa shape index (κ3) is 4.37. The summed E-state index contributed by atoms with van der Waals surface area (Å²) in [6.07, 6.45) is 6.34. The molecule has 0 spiro atoms. The number of rotatable bonds is 5. The molecule has 2 aliphatic heterocycles. The Bertz CT molecular complexity index is 154. The van der Waals surface area contributed by atoms with Crippen molar-refractivity contribution in [3.8, 4) is 0 Å². The van der Waals surface area contributed by atoms with Gasteiger partial charge in [-0.2, -0.15) is 0 Å². The Balaban J connectivity index is 1.47. The van der Waals surface area contributed by atoms with Crippen molar-refractivity contribution in [1.29, 1.82) is 0 Å². The minimum absolute atomic E-state index is 0.0296. The number of hydrogen-bond donors (Lipinski definition) is 0. The second kappa shape index (κ2) is 7.22. The summed E-state index contributed by atoms with van der Waals surface area (Å²) >= 11 is 0. The molecule has 2 saturated heterocycles. The van der Waals surface area contributed by atoms with E-state index in [4.69, 9.17) is 18.9 Å². The average molecular weight is 230 g/mol. The van der Waals surface area contributed by atoms with E-state index in [9.17, 15) is 0 Å². The van der Waals surface area contributed by atoms with E-state index in [1.165, 1.54) is 0 Å². The summed E-state index contributed by atoms with van der Waals surface area (Å²) in [7, 11) is 0. The fraction of sp³-hybridized carbons (Fsp3) is 1.00. The molecule has 0 amide bonds. The minimum Gasteiger partial charge on any atom is -0.353 e. The van der Waals surface area contributed by atoms with Gasteiger partial charge in [-0.15, -0.1) is 0 Å². The zero-order valence-corrected chi connectivity index (χ0v) is 9.86. The Morgan fingerprint density at radius 2 is 1.00 bits per heavy atom. The molecule has 4 nitrogen and oxygen atoms in total. The van der Waals surface area contributed by atoms with Crippen LogP contribution in [0.5, 0.6) is 0 Å². The molecule has 0 unspecified atom stereocenters. The Hall–Kier alpha value is -0.160. The summed E-state index contributed by atoms with van der Waals surface area (Å²) in [5.74, 6) is 0. The van der Waals surface area contributed by atoms with Crippen LogP contribution in [-0.4, -0.2) is 39.0 Å². The molecule has 0 radical (unpaired) electrons. The van der Waals surface area contributed by atoms with Gasteiger partial charge in [-0.05, 0) is 38.5 Å². The van der Waals surface area contributed by atoms with Crippen molar-refractivity contribution >= 4 is 0 Å². The fourth-order valence-corrected chi connectivity index (χ4v) is 2.03. The molecule has 2 fully saturated rings. The lowest BCUT2D eigenvalue weighted by atomic mass is 10.2. The molecule has 0 aliphatic carbocycles. The van der Waals surface area contributed by atoms with E-state index in [1.54, 1.807) is 0 Å². The first-order valence-corrected chi connectivity index (χ1v) is 6.41. The summed E-state index contributed by atoms with van der Waals surface area (Å²) in [4.78, 5) is 0. The van der Waals surface area contributed by atoms with Crippen LogP contribution in [0.4, 0.5) is 0 Å². The van der Waals surface area contributed by atoms with Gasteiger partial charge < -0.3 is 18.9 Å². The third-order valence-corrected chi connectivity index (χ3v) is 2.92. The summed E-state index contributed by atoms with van der Waals surface area (Å²) in [5, 5.41) is 0. The highest BCUT2D eigenvalue weighted by Gasteiger charge is 2.16. The van der Waals surface area contributed by atoms with Crippen LogP contribution in [0, 0.1) is 0 Å². The fourth-order valence-electron chi connectivity index (χ4n) is 2.03. The Morgan fingerprint density at radius 3 is 1.38 bits per heavy atom. The van der Waals surface area contributed by atoms with Crippen LogP contribution < -0.4 is 0 Å². The molecule has 0 aromatic carbocycles. The average Bonchev–Trinajstić information content (AvgIpc) is 2.37. The Morgan fingerprint density at radius 1 is 0.625 bits per heavy atom. The second-order valence-electron chi connectivity index (χ2n) is 4.33. The van der Waals surface area contributed by atoms with E-state index in [-0.39, 0.29) is 12.6 Å². The van der Waals surface area contributed by atoms with Crippen LogP contribution in [0.1, 0.15) is 38.5 Å². The van der Waals surface area contributed by atoms with Gasteiger partial charge in [-0.25, -0.2) is 0 Å². The standard InChI is InChI=1S/C12H22O4/c1(5-11-13-7-3-8-14-11)2-6-12-15-9-4-10-16-12/h11-12H,1-10H2. The van der Waals surface area contributed by atoms with Gasteiger partial charge in [-0.3, -0.25) is 0 Å². The zero-order chi connectivity index (χ0) is 11.1. The van der Waals surface area contributed by atoms with E-state index in [0.717, 1.165) is 65.0 Å². The van der Waals surface area contributed by atoms with Crippen LogP contribution in [0.25, 0.3) is 0 Å². The zero-order valence-electron chi connectivity index (χ0n) is 9.86. The Kier molecular flexibility index (Phi) is 5.55. The van der Waals surface area contributed by atoms with Crippen LogP contribution in [0.3, 0.4) is 0 Å². The van der Waals surface area contributed by atoms with Gasteiger partial charge in [0.15, 0.2) is 12.6 Å². The first-order valence-electron chi connectivity index (χ1n) is 6.41. The number of unbranched alkanes of at least 4 members (excludes halogenated alkanes) is 1. The molecule has 2 heterocycles. The SMILES string of the molecule is C1COC(CCCCC2OCCCO2)OC1. The monoisotopic (exact) mass is 230 g/mol. The van der Waals surface area contributed by atoms with E-state index in [0.29, 0.717) is 0 Å². The molecule has 2 rings (SSSR count). The van der Waals surface area contributed by atoms with Gasteiger partial charge in [0.05, 0.1) is 26.4 Å². The van der Waals surface area contributed by atoms with Crippen LogP contribution >= 0.6 is 0 Å². The predicted molar refractivity (Wildman–Crippen MR) is 59.1 cm³/mol. The van der Waals surface area contributed by atoms with Gasteiger partial charge >= 0.3 is 0 Å². The smallest absolute Gasteiger partial charge is 0.157 e. The quantitative estimate of drug-likeness (QED) is 0.678. The van der Waals surface area contributed by atoms with Gasteiger partial charge in [0.1, 0.15) is 0 Å². The van der Waals surface area contributed by atoms with Gasteiger partial charge in [0, 0.05) is 0 Å².